The maximum Gasteiger partial charge on any atom is 0.252 e. The Morgan fingerprint density at radius 2 is 2.29 bits per heavy atom. The molecule has 0 saturated heterocycles. The molecule has 1 aromatic rings. The first kappa shape index (κ1) is 10.9. The number of amides is 1. The van der Waals surface area contributed by atoms with E-state index in [1.54, 1.807) is 25.3 Å². The maximum absolute atomic E-state index is 11.5. The summed E-state index contributed by atoms with van der Waals surface area (Å²) in [7, 11) is 0. The zero-order valence-corrected chi connectivity index (χ0v) is 9.06. The maximum atomic E-state index is 11.5. The molecule has 1 atom stereocenters. The fraction of sp³-hybridized carbons (Fsp3) is 0.400. The molecule has 3 nitrogen and oxygen atoms in total. The molecule has 0 fully saturated rings. The summed E-state index contributed by atoms with van der Waals surface area (Å²) in [5.41, 5.74) is 0.616. The smallest absolute Gasteiger partial charge is 0.252 e. The van der Waals surface area contributed by atoms with E-state index in [9.17, 15) is 9.59 Å². The van der Waals surface area contributed by atoms with Gasteiger partial charge in [0.15, 0.2) is 5.78 Å². The summed E-state index contributed by atoms with van der Waals surface area (Å²) in [5, 5.41) is 6.25. The minimum atomic E-state index is -0.396. The Hall–Kier alpha value is -1.16. The molecule has 1 amide bonds. The fourth-order valence-corrected chi connectivity index (χ4v) is 1.70. The average molecular weight is 211 g/mol. The van der Waals surface area contributed by atoms with Crippen molar-refractivity contribution in [2.24, 2.45) is 0 Å². The summed E-state index contributed by atoms with van der Waals surface area (Å²) < 4.78 is 0. The van der Waals surface area contributed by atoms with Crippen molar-refractivity contribution in [2.75, 3.05) is 0 Å². The van der Waals surface area contributed by atoms with Crippen molar-refractivity contribution in [1.82, 2.24) is 5.32 Å². The minimum absolute atomic E-state index is 0.0496. The third kappa shape index (κ3) is 2.67. The lowest BCUT2D eigenvalue weighted by Gasteiger charge is -2.10. The number of hydrogen-bond donors (Lipinski definition) is 1. The van der Waals surface area contributed by atoms with E-state index >= 15 is 0 Å². The number of hydrogen-bond acceptors (Lipinski definition) is 3. The highest BCUT2D eigenvalue weighted by Gasteiger charge is 2.14. The highest BCUT2D eigenvalue weighted by Crippen LogP contribution is 2.05. The van der Waals surface area contributed by atoms with E-state index < -0.39 is 6.04 Å². The molecule has 0 aromatic carbocycles. The predicted molar refractivity (Wildman–Crippen MR) is 56.5 cm³/mol. The van der Waals surface area contributed by atoms with Gasteiger partial charge in [-0.15, -0.1) is 0 Å². The van der Waals surface area contributed by atoms with E-state index in [2.05, 4.69) is 5.32 Å². The Bertz CT molecular complexity index is 319. The van der Waals surface area contributed by atoms with Crippen LogP contribution in [0.25, 0.3) is 0 Å². The van der Waals surface area contributed by atoms with Gasteiger partial charge in [0, 0.05) is 11.8 Å². The van der Waals surface area contributed by atoms with Crippen molar-refractivity contribution in [3.63, 3.8) is 0 Å². The number of ketones is 1. The van der Waals surface area contributed by atoms with Gasteiger partial charge in [-0.3, -0.25) is 9.59 Å². The molecule has 0 radical (unpaired) electrons. The highest BCUT2D eigenvalue weighted by molar-refractivity contribution is 7.08. The quantitative estimate of drug-likeness (QED) is 0.826. The second-order valence-electron chi connectivity index (χ2n) is 3.03. The van der Waals surface area contributed by atoms with Crippen molar-refractivity contribution >= 4 is 23.0 Å². The van der Waals surface area contributed by atoms with E-state index in [4.69, 9.17) is 0 Å². The molecule has 0 aliphatic carbocycles. The Kier molecular flexibility index (Phi) is 3.83. The van der Waals surface area contributed by atoms with Crippen LogP contribution in [0.15, 0.2) is 16.8 Å². The second kappa shape index (κ2) is 4.91. The molecule has 14 heavy (non-hydrogen) atoms. The molecule has 1 unspecified atom stereocenters. The number of Topliss-reactive ketones (excluding diaryl/α,β-unsaturated/α-hetero) is 1. The molecule has 76 valence electrons. The third-order valence-electron chi connectivity index (χ3n) is 1.96. The standard InChI is InChI=1S/C10H13NO2S/c1-3-9(12)7(2)11-10(13)8-4-5-14-6-8/h4-7H,3H2,1-2H3,(H,11,13). The van der Waals surface area contributed by atoms with Crippen LogP contribution in [0.2, 0.25) is 0 Å². The first-order valence-electron chi connectivity index (χ1n) is 4.51. The van der Waals surface area contributed by atoms with Gasteiger partial charge in [0.25, 0.3) is 5.91 Å². The number of carbonyl (C=O) groups is 2. The lowest BCUT2D eigenvalue weighted by molar-refractivity contribution is -0.120. The molecule has 1 N–H and O–H groups in total. The van der Waals surface area contributed by atoms with Crippen molar-refractivity contribution in [1.29, 1.82) is 0 Å². The lowest BCUT2D eigenvalue weighted by Crippen LogP contribution is -2.37. The monoisotopic (exact) mass is 211 g/mol. The van der Waals surface area contributed by atoms with E-state index in [-0.39, 0.29) is 11.7 Å². The Morgan fingerprint density at radius 1 is 1.57 bits per heavy atom. The summed E-state index contributed by atoms with van der Waals surface area (Å²) in [6, 6.07) is 1.34. The van der Waals surface area contributed by atoms with Crippen LogP contribution in [0.3, 0.4) is 0 Å². The van der Waals surface area contributed by atoms with Crippen molar-refractivity contribution in [3.8, 4) is 0 Å². The molecule has 1 rings (SSSR count). The van der Waals surface area contributed by atoms with Gasteiger partial charge in [-0.05, 0) is 18.4 Å². The van der Waals surface area contributed by atoms with Crippen LogP contribution in [0.5, 0.6) is 0 Å². The van der Waals surface area contributed by atoms with Crippen LogP contribution >= 0.6 is 11.3 Å². The van der Waals surface area contributed by atoms with Crippen molar-refractivity contribution in [3.05, 3.63) is 22.4 Å². The van der Waals surface area contributed by atoms with Crippen molar-refractivity contribution in [2.45, 2.75) is 26.3 Å². The van der Waals surface area contributed by atoms with Gasteiger partial charge in [0.05, 0.1) is 11.6 Å². The van der Waals surface area contributed by atoms with Gasteiger partial charge in [-0.2, -0.15) is 11.3 Å². The fourth-order valence-electron chi connectivity index (χ4n) is 1.06. The molecular weight excluding hydrogens is 198 g/mol. The Morgan fingerprint density at radius 3 is 2.79 bits per heavy atom. The zero-order valence-electron chi connectivity index (χ0n) is 8.24. The van der Waals surface area contributed by atoms with Crippen LogP contribution in [0, 0.1) is 0 Å². The summed E-state index contributed by atoms with van der Waals surface area (Å²) in [6.07, 6.45) is 0.449. The molecular formula is C10H13NO2S. The van der Waals surface area contributed by atoms with E-state index in [0.29, 0.717) is 12.0 Å². The summed E-state index contributed by atoms with van der Waals surface area (Å²) in [4.78, 5) is 22.7. The van der Waals surface area contributed by atoms with Crippen LogP contribution in [0.1, 0.15) is 30.6 Å². The molecule has 0 aliphatic rings. The first-order chi connectivity index (χ1) is 6.65. The molecule has 1 aromatic heterocycles. The van der Waals surface area contributed by atoms with Gasteiger partial charge >= 0.3 is 0 Å². The number of nitrogens with one attached hydrogen (secondary N) is 1. The number of carbonyl (C=O) groups excluding carboxylic acids is 2. The van der Waals surface area contributed by atoms with Crippen LogP contribution in [-0.4, -0.2) is 17.7 Å². The minimum Gasteiger partial charge on any atom is -0.342 e. The lowest BCUT2D eigenvalue weighted by atomic mass is 10.1. The first-order valence-corrected chi connectivity index (χ1v) is 5.45. The van der Waals surface area contributed by atoms with Gasteiger partial charge < -0.3 is 5.32 Å². The highest BCUT2D eigenvalue weighted by atomic mass is 32.1. The van der Waals surface area contributed by atoms with Gasteiger partial charge in [0.2, 0.25) is 0 Å². The average Bonchev–Trinajstić information content (AvgIpc) is 2.69. The summed E-state index contributed by atoms with van der Waals surface area (Å²) in [6.45, 7) is 3.49. The zero-order chi connectivity index (χ0) is 10.6. The summed E-state index contributed by atoms with van der Waals surface area (Å²) in [5.74, 6) is -0.130. The van der Waals surface area contributed by atoms with E-state index in [1.165, 1.54) is 11.3 Å². The van der Waals surface area contributed by atoms with Crippen LogP contribution in [-0.2, 0) is 4.79 Å². The molecule has 0 spiro atoms. The second-order valence-corrected chi connectivity index (χ2v) is 3.81. The topological polar surface area (TPSA) is 46.2 Å². The van der Waals surface area contributed by atoms with Gasteiger partial charge in [-0.25, -0.2) is 0 Å². The largest absolute Gasteiger partial charge is 0.342 e. The normalized spacial score (nSPS) is 12.1. The van der Waals surface area contributed by atoms with Gasteiger partial charge in [0.1, 0.15) is 0 Å². The van der Waals surface area contributed by atoms with Crippen LogP contribution in [0.4, 0.5) is 0 Å². The third-order valence-corrected chi connectivity index (χ3v) is 2.65. The predicted octanol–water partition coefficient (Wildman–Crippen LogP) is 1.85. The molecule has 0 aliphatic heterocycles. The van der Waals surface area contributed by atoms with Gasteiger partial charge in [-0.1, -0.05) is 6.92 Å². The Labute approximate surface area is 87.1 Å². The summed E-state index contributed by atoms with van der Waals surface area (Å²) >= 11 is 1.46. The van der Waals surface area contributed by atoms with Crippen molar-refractivity contribution < 1.29 is 9.59 Å². The van der Waals surface area contributed by atoms with Crippen LogP contribution < -0.4 is 5.32 Å². The molecule has 4 heteroatoms. The number of rotatable bonds is 4. The molecule has 0 bridgehead atoms. The molecule has 0 saturated carbocycles. The van der Waals surface area contributed by atoms with E-state index in [1.807, 2.05) is 5.38 Å². The molecule has 1 heterocycles. The number of thiophene rings is 1. The van der Waals surface area contributed by atoms with E-state index in [0.717, 1.165) is 0 Å². The Balaban J connectivity index is 2.53. The SMILES string of the molecule is CCC(=O)C(C)NC(=O)c1ccsc1.